The van der Waals surface area contributed by atoms with Crippen molar-refractivity contribution < 1.29 is 9.53 Å². The fraction of sp³-hybridized carbons (Fsp3) is 0.261. The lowest BCUT2D eigenvalue weighted by atomic mass is 9.97. The van der Waals surface area contributed by atoms with Gasteiger partial charge in [-0.15, -0.1) is 11.3 Å². The number of hydrogen-bond acceptors (Lipinski definition) is 6. The summed E-state index contributed by atoms with van der Waals surface area (Å²) >= 11 is 2.90. The van der Waals surface area contributed by atoms with Crippen molar-refractivity contribution in [3.63, 3.8) is 0 Å². The van der Waals surface area contributed by atoms with E-state index in [1.807, 2.05) is 24.3 Å². The molecule has 6 nitrogen and oxygen atoms in total. The molecule has 0 atom stereocenters. The van der Waals surface area contributed by atoms with Crippen LogP contribution in [0.15, 0.2) is 52.5 Å². The first-order valence-electron chi connectivity index (χ1n) is 10.2. The predicted octanol–water partition coefficient (Wildman–Crippen LogP) is 4.64. The molecule has 0 spiro atoms. The number of fused-ring (bicyclic) bond motifs is 3. The average molecular weight is 452 g/mol. The molecule has 8 heteroatoms. The molecule has 1 N–H and O–H groups in total. The SMILES string of the molecule is COc1cccc(-n2c(SCC(=O)c3ccc[nH]3)nc3sc4c(c3c2=O)CCCC4)c1. The summed E-state index contributed by atoms with van der Waals surface area (Å²) in [5.41, 5.74) is 2.31. The molecule has 1 aliphatic rings. The van der Waals surface area contributed by atoms with Gasteiger partial charge in [-0.05, 0) is 55.5 Å². The summed E-state index contributed by atoms with van der Waals surface area (Å²) in [6.07, 6.45) is 5.89. The summed E-state index contributed by atoms with van der Waals surface area (Å²) in [6, 6.07) is 10.9. The Kier molecular flexibility index (Phi) is 5.41. The van der Waals surface area contributed by atoms with Crippen LogP contribution in [0.4, 0.5) is 0 Å². The van der Waals surface area contributed by atoms with Gasteiger partial charge in [0.15, 0.2) is 10.9 Å². The highest BCUT2D eigenvalue weighted by Crippen LogP contribution is 2.35. The topological polar surface area (TPSA) is 77.0 Å². The highest BCUT2D eigenvalue weighted by atomic mass is 32.2. The zero-order valence-corrected chi connectivity index (χ0v) is 18.6. The number of aromatic amines is 1. The molecule has 1 aromatic carbocycles. The van der Waals surface area contributed by atoms with E-state index in [1.54, 1.807) is 41.3 Å². The van der Waals surface area contributed by atoms with E-state index in [9.17, 15) is 9.59 Å². The molecule has 31 heavy (non-hydrogen) atoms. The van der Waals surface area contributed by atoms with E-state index >= 15 is 0 Å². The van der Waals surface area contributed by atoms with Crippen LogP contribution in [0.1, 0.15) is 33.8 Å². The van der Waals surface area contributed by atoms with E-state index < -0.39 is 0 Å². The molecular formula is C23H21N3O3S2. The fourth-order valence-electron chi connectivity index (χ4n) is 3.97. The Bertz CT molecular complexity index is 1320. The third-order valence-electron chi connectivity index (χ3n) is 5.50. The molecule has 0 unspecified atom stereocenters. The van der Waals surface area contributed by atoms with Crippen LogP contribution >= 0.6 is 23.1 Å². The molecular weight excluding hydrogens is 430 g/mol. The zero-order chi connectivity index (χ0) is 21.4. The molecule has 1 aliphatic carbocycles. The number of nitrogens with one attached hydrogen (secondary N) is 1. The lowest BCUT2D eigenvalue weighted by Crippen LogP contribution is -2.22. The van der Waals surface area contributed by atoms with Gasteiger partial charge < -0.3 is 9.72 Å². The molecule has 0 aliphatic heterocycles. The number of H-pyrrole nitrogens is 1. The van der Waals surface area contributed by atoms with Gasteiger partial charge in [-0.3, -0.25) is 14.2 Å². The van der Waals surface area contributed by atoms with Crippen molar-refractivity contribution in [2.24, 2.45) is 0 Å². The van der Waals surface area contributed by atoms with Gasteiger partial charge in [0.2, 0.25) is 0 Å². The molecule has 0 amide bonds. The molecule has 0 bridgehead atoms. The van der Waals surface area contributed by atoms with Crippen LogP contribution in [0.5, 0.6) is 5.75 Å². The van der Waals surface area contributed by atoms with Gasteiger partial charge in [0.1, 0.15) is 10.6 Å². The monoisotopic (exact) mass is 451 g/mol. The van der Waals surface area contributed by atoms with Crippen LogP contribution in [0, 0.1) is 0 Å². The number of carbonyl (C=O) groups excluding carboxylic acids is 1. The highest BCUT2D eigenvalue weighted by Gasteiger charge is 2.23. The van der Waals surface area contributed by atoms with Crippen molar-refractivity contribution in [1.82, 2.24) is 14.5 Å². The molecule has 4 aromatic rings. The molecule has 0 radical (unpaired) electrons. The maximum Gasteiger partial charge on any atom is 0.267 e. The third-order valence-corrected chi connectivity index (χ3v) is 7.62. The number of thiophene rings is 1. The van der Waals surface area contributed by atoms with Crippen LogP contribution < -0.4 is 10.3 Å². The predicted molar refractivity (Wildman–Crippen MR) is 124 cm³/mol. The minimum absolute atomic E-state index is 0.0352. The Hall–Kier alpha value is -2.84. The van der Waals surface area contributed by atoms with Crippen LogP contribution in [-0.2, 0) is 12.8 Å². The van der Waals surface area contributed by atoms with Crippen molar-refractivity contribution in [3.8, 4) is 11.4 Å². The number of benzene rings is 1. The summed E-state index contributed by atoms with van der Waals surface area (Å²) in [5, 5.41) is 1.24. The Morgan fingerprint density at radius 2 is 2.13 bits per heavy atom. The third kappa shape index (κ3) is 3.70. The van der Waals surface area contributed by atoms with E-state index in [2.05, 4.69) is 4.98 Å². The molecule has 0 saturated carbocycles. The second kappa shape index (κ2) is 8.36. The molecule has 5 rings (SSSR count). The van der Waals surface area contributed by atoms with Gasteiger partial charge in [-0.2, -0.15) is 0 Å². The number of nitrogens with zero attached hydrogens (tertiary/aromatic N) is 2. The number of methoxy groups -OCH3 is 1. The first-order chi connectivity index (χ1) is 15.2. The number of aryl methyl sites for hydroxylation is 2. The van der Waals surface area contributed by atoms with Gasteiger partial charge >= 0.3 is 0 Å². The van der Waals surface area contributed by atoms with Gasteiger partial charge in [0, 0.05) is 17.1 Å². The average Bonchev–Trinajstić information content (AvgIpc) is 3.45. The van der Waals surface area contributed by atoms with E-state index in [1.165, 1.54) is 16.6 Å². The number of rotatable bonds is 6. The van der Waals surface area contributed by atoms with Crippen molar-refractivity contribution in [2.75, 3.05) is 12.9 Å². The molecule has 0 saturated heterocycles. The van der Waals surface area contributed by atoms with Gasteiger partial charge in [-0.25, -0.2) is 4.98 Å². The minimum atomic E-state index is -0.0764. The van der Waals surface area contributed by atoms with Crippen LogP contribution in [-0.4, -0.2) is 33.2 Å². The summed E-state index contributed by atoms with van der Waals surface area (Å²) < 4.78 is 6.99. The van der Waals surface area contributed by atoms with Crippen LogP contribution in [0.3, 0.4) is 0 Å². The first kappa shape index (κ1) is 20.1. The second-order valence-electron chi connectivity index (χ2n) is 7.42. The van der Waals surface area contributed by atoms with Gasteiger partial charge in [-0.1, -0.05) is 17.8 Å². The first-order valence-corrected chi connectivity index (χ1v) is 12.0. The minimum Gasteiger partial charge on any atom is -0.497 e. The quantitative estimate of drug-likeness (QED) is 0.263. The van der Waals surface area contributed by atoms with Gasteiger partial charge in [0.25, 0.3) is 5.56 Å². The number of thioether (sulfide) groups is 1. The summed E-state index contributed by atoms with van der Waals surface area (Å²) in [5.74, 6) is 0.815. The molecule has 3 heterocycles. The second-order valence-corrected chi connectivity index (χ2v) is 9.45. The number of aromatic nitrogens is 3. The summed E-state index contributed by atoms with van der Waals surface area (Å²) in [4.78, 5) is 36.1. The number of ether oxygens (including phenoxy) is 1. The normalized spacial score (nSPS) is 13.3. The fourth-order valence-corrected chi connectivity index (χ4v) is 6.17. The summed E-state index contributed by atoms with van der Waals surface area (Å²) in [7, 11) is 1.60. The van der Waals surface area contributed by atoms with Crippen molar-refractivity contribution >= 4 is 39.1 Å². The van der Waals surface area contributed by atoms with Crippen LogP contribution in [0.2, 0.25) is 0 Å². The van der Waals surface area contributed by atoms with E-state index in [0.29, 0.717) is 22.3 Å². The number of hydrogen-bond donors (Lipinski definition) is 1. The van der Waals surface area contributed by atoms with E-state index in [-0.39, 0.29) is 17.1 Å². The Labute approximate surface area is 187 Å². The van der Waals surface area contributed by atoms with Crippen molar-refractivity contribution in [3.05, 3.63) is 69.1 Å². The maximum absolute atomic E-state index is 13.7. The van der Waals surface area contributed by atoms with Gasteiger partial charge in [0.05, 0.1) is 29.6 Å². The van der Waals surface area contributed by atoms with Crippen molar-refractivity contribution in [1.29, 1.82) is 0 Å². The Balaban J connectivity index is 1.65. The molecule has 158 valence electrons. The largest absolute Gasteiger partial charge is 0.497 e. The lowest BCUT2D eigenvalue weighted by Gasteiger charge is -2.14. The Morgan fingerprint density at radius 1 is 1.26 bits per heavy atom. The standard InChI is InChI=1S/C23H21N3O3S2/c1-29-15-7-4-6-14(12-15)26-22(28)20-16-8-2-3-10-19(16)31-21(20)25-23(26)30-13-18(27)17-9-5-11-24-17/h4-7,9,11-12,24H,2-3,8,10,13H2,1H3. The Morgan fingerprint density at radius 3 is 2.94 bits per heavy atom. The maximum atomic E-state index is 13.7. The number of carbonyl (C=O) groups is 1. The van der Waals surface area contributed by atoms with Crippen LogP contribution in [0.25, 0.3) is 15.9 Å². The summed E-state index contributed by atoms with van der Waals surface area (Å²) in [6.45, 7) is 0. The highest BCUT2D eigenvalue weighted by molar-refractivity contribution is 7.99. The smallest absolute Gasteiger partial charge is 0.267 e. The molecule has 0 fully saturated rings. The lowest BCUT2D eigenvalue weighted by molar-refractivity contribution is 0.101. The van der Waals surface area contributed by atoms with E-state index in [4.69, 9.17) is 9.72 Å². The van der Waals surface area contributed by atoms with E-state index in [0.717, 1.165) is 41.5 Å². The van der Waals surface area contributed by atoms with Crippen molar-refractivity contribution in [2.45, 2.75) is 30.8 Å². The number of Topliss-reactive ketones (excluding diaryl/α,β-unsaturated/α-hetero) is 1. The number of ketones is 1. The zero-order valence-electron chi connectivity index (χ0n) is 17.0. The molecule has 3 aromatic heterocycles.